The number of nitrogens with two attached hydrogens (primary N) is 2. The molecule has 26 heavy (non-hydrogen) atoms. The predicted octanol–water partition coefficient (Wildman–Crippen LogP) is 2.79. The lowest BCUT2D eigenvalue weighted by Gasteiger charge is -2.06. The van der Waals surface area contributed by atoms with Crippen LogP contribution >= 0.6 is 0 Å². The Balaban J connectivity index is 2.63. The molecule has 0 radical (unpaired) electrons. The van der Waals surface area contributed by atoms with E-state index < -0.39 is 10.0 Å². The van der Waals surface area contributed by atoms with Crippen molar-refractivity contribution in [1.29, 1.82) is 0 Å². The predicted molar refractivity (Wildman–Crippen MR) is 108 cm³/mol. The lowest BCUT2D eigenvalue weighted by molar-refractivity contribution is 0.585. The second kappa shape index (κ2) is 8.84. The van der Waals surface area contributed by atoms with Crippen molar-refractivity contribution in [3.8, 4) is 0 Å². The van der Waals surface area contributed by atoms with E-state index >= 15 is 0 Å². The normalized spacial score (nSPS) is 12.5. The van der Waals surface area contributed by atoms with Crippen molar-refractivity contribution in [3.63, 3.8) is 0 Å². The van der Waals surface area contributed by atoms with Crippen molar-refractivity contribution < 1.29 is 8.42 Å². The van der Waals surface area contributed by atoms with Gasteiger partial charge in [-0.2, -0.15) is 5.10 Å². The number of fused-ring (bicyclic) bond motifs is 1. The summed E-state index contributed by atoms with van der Waals surface area (Å²) in [5.74, 6) is -0.0185. The summed E-state index contributed by atoms with van der Waals surface area (Å²) >= 11 is 0. The molecule has 8 heteroatoms. The van der Waals surface area contributed by atoms with E-state index in [1.807, 2.05) is 25.1 Å². The summed E-state index contributed by atoms with van der Waals surface area (Å²) in [4.78, 5) is 0. The van der Waals surface area contributed by atoms with Crippen LogP contribution in [-0.2, 0) is 10.0 Å². The number of guanidine groups is 1. The Hall–Kier alpha value is -2.35. The summed E-state index contributed by atoms with van der Waals surface area (Å²) in [6, 6.07) is 7.41. The molecule has 0 fully saturated rings. The van der Waals surface area contributed by atoms with Gasteiger partial charge in [0.15, 0.2) is 0 Å². The minimum Gasteiger partial charge on any atom is -0.369 e. The van der Waals surface area contributed by atoms with Crippen LogP contribution in [0.2, 0.25) is 0 Å². The fraction of sp³-hybridized carbons (Fsp3) is 0.444. The number of hydrogen-bond acceptors (Lipinski definition) is 4. The second-order valence-electron chi connectivity index (χ2n) is 6.20. The quantitative estimate of drug-likeness (QED) is 0.397. The van der Waals surface area contributed by atoms with E-state index in [2.05, 4.69) is 17.1 Å². The molecule has 0 spiro atoms. The monoisotopic (exact) mass is 377 g/mol. The van der Waals surface area contributed by atoms with Gasteiger partial charge in [0.05, 0.1) is 17.0 Å². The van der Waals surface area contributed by atoms with Gasteiger partial charge in [-0.1, -0.05) is 44.9 Å². The summed E-state index contributed by atoms with van der Waals surface area (Å²) in [7, 11) is -3.44. The van der Waals surface area contributed by atoms with Crippen LogP contribution in [-0.4, -0.2) is 29.8 Å². The van der Waals surface area contributed by atoms with Gasteiger partial charge in [0.25, 0.3) is 0 Å². The lowest BCUT2D eigenvalue weighted by Crippen LogP contribution is -2.22. The number of benzene rings is 1. The van der Waals surface area contributed by atoms with Crippen molar-refractivity contribution in [2.24, 2.45) is 21.7 Å². The minimum absolute atomic E-state index is 0.108. The van der Waals surface area contributed by atoms with Crippen molar-refractivity contribution >= 4 is 32.6 Å². The molecule has 0 aliphatic rings. The molecule has 1 aromatic carbocycles. The molecule has 0 aliphatic heterocycles. The maximum absolute atomic E-state index is 12.8. The van der Waals surface area contributed by atoms with Gasteiger partial charge < -0.3 is 11.5 Å². The Morgan fingerprint density at radius 3 is 2.42 bits per heavy atom. The molecule has 7 nitrogen and oxygen atoms in total. The lowest BCUT2D eigenvalue weighted by atomic mass is 10.0. The summed E-state index contributed by atoms with van der Waals surface area (Å²) < 4.78 is 26.9. The second-order valence-corrected chi connectivity index (χ2v) is 8.17. The van der Waals surface area contributed by atoms with Crippen LogP contribution in [0.15, 0.2) is 40.7 Å². The zero-order valence-electron chi connectivity index (χ0n) is 15.4. The van der Waals surface area contributed by atoms with Crippen LogP contribution in [0.3, 0.4) is 0 Å². The third kappa shape index (κ3) is 4.63. The van der Waals surface area contributed by atoms with Gasteiger partial charge in [-0.25, -0.2) is 12.4 Å². The molecule has 0 atom stereocenters. The van der Waals surface area contributed by atoms with Gasteiger partial charge in [-0.15, -0.1) is 5.10 Å². The first-order chi connectivity index (χ1) is 12.4. The van der Waals surface area contributed by atoms with E-state index in [4.69, 9.17) is 11.5 Å². The SMILES string of the molecule is CCCCC(=NN=C(N)N)c1cn(S(=O)(=O)CCCC)c2ccccc12. The fourth-order valence-electron chi connectivity index (χ4n) is 2.74. The highest BCUT2D eigenvalue weighted by Crippen LogP contribution is 2.26. The highest BCUT2D eigenvalue weighted by Gasteiger charge is 2.20. The average molecular weight is 378 g/mol. The summed E-state index contributed by atoms with van der Waals surface area (Å²) in [6.45, 7) is 4.05. The minimum atomic E-state index is -3.44. The molecule has 142 valence electrons. The molecule has 4 N–H and O–H groups in total. The van der Waals surface area contributed by atoms with Gasteiger partial charge in [0.2, 0.25) is 16.0 Å². The first-order valence-electron chi connectivity index (χ1n) is 8.89. The van der Waals surface area contributed by atoms with E-state index in [0.29, 0.717) is 24.1 Å². The number of para-hydroxylation sites is 1. The summed E-state index contributed by atoms with van der Waals surface area (Å²) in [6.07, 6.45) is 5.63. The zero-order chi connectivity index (χ0) is 19.2. The Bertz CT molecular complexity index is 909. The molecule has 1 heterocycles. The molecular formula is C18H27N5O2S. The van der Waals surface area contributed by atoms with E-state index in [1.54, 1.807) is 12.3 Å². The smallest absolute Gasteiger partial charge is 0.238 e. The van der Waals surface area contributed by atoms with E-state index in [0.717, 1.165) is 30.2 Å². The molecule has 0 aliphatic carbocycles. The van der Waals surface area contributed by atoms with Gasteiger partial charge in [-0.05, 0) is 25.3 Å². The van der Waals surface area contributed by atoms with E-state index in [9.17, 15) is 8.42 Å². The summed E-state index contributed by atoms with van der Waals surface area (Å²) in [5, 5.41) is 8.80. The van der Waals surface area contributed by atoms with E-state index in [1.165, 1.54) is 3.97 Å². The van der Waals surface area contributed by atoms with Crippen LogP contribution in [0.4, 0.5) is 0 Å². The Morgan fingerprint density at radius 1 is 1.08 bits per heavy atom. The maximum atomic E-state index is 12.8. The standard InChI is InChI=1S/C18H27N5O2S/c1-3-5-10-16(21-22-18(19)20)15-13-23(26(24,25)12-6-4-2)17-11-8-7-9-14(15)17/h7-9,11,13H,3-6,10,12H2,1-2H3,(H4,19,20,22). The van der Waals surface area contributed by atoms with Crippen molar-refractivity contribution in [2.45, 2.75) is 46.0 Å². The maximum Gasteiger partial charge on any atom is 0.238 e. The largest absolute Gasteiger partial charge is 0.369 e. The van der Waals surface area contributed by atoms with Crippen LogP contribution < -0.4 is 11.5 Å². The number of nitrogens with zero attached hydrogens (tertiary/aromatic N) is 3. The zero-order valence-corrected chi connectivity index (χ0v) is 16.2. The Morgan fingerprint density at radius 2 is 1.77 bits per heavy atom. The number of aromatic nitrogens is 1. The van der Waals surface area contributed by atoms with Crippen LogP contribution in [0.25, 0.3) is 10.9 Å². The third-order valence-corrected chi connectivity index (χ3v) is 5.80. The Kier molecular flexibility index (Phi) is 6.79. The first kappa shape index (κ1) is 20.0. The van der Waals surface area contributed by atoms with Crippen LogP contribution in [0.5, 0.6) is 0 Å². The van der Waals surface area contributed by atoms with Crippen molar-refractivity contribution in [3.05, 3.63) is 36.0 Å². The van der Waals surface area contributed by atoms with Crippen LogP contribution in [0.1, 0.15) is 51.5 Å². The molecular weight excluding hydrogens is 350 g/mol. The van der Waals surface area contributed by atoms with Gasteiger partial charge in [0, 0.05) is 17.1 Å². The van der Waals surface area contributed by atoms with Gasteiger partial charge in [0.1, 0.15) is 0 Å². The topological polar surface area (TPSA) is 116 Å². The van der Waals surface area contributed by atoms with Gasteiger partial charge >= 0.3 is 0 Å². The number of unbranched alkanes of at least 4 members (excludes halogenated alkanes) is 2. The molecule has 2 aromatic rings. The number of rotatable bonds is 9. The molecule has 0 saturated heterocycles. The third-order valence-electron chi connectivity index (χ3n) is 4.10. The first-order valence-corrected chi connectivity index (χ1v) is 10.5. The fourth-order valence-corrected chi connectivity index (χ4v) is 4.31. The molecule has 0 saturated carbocycles. The highest BCUT2D eigenvalue weighted by molar-refractivity contribution is 7.90. The number of hydrogen-bond donors (Lipinski definition) is 2. The molecule has 1 aromatic heterocycles. The molecule has 0 bridgehead atoms. The average Bonchev–Trinajstić information content (AvgIpc) is 3.00. The molecule has 0 unspecified atom stereocenters. The molecule has 0 amide bonds. The van der Waals surface area contributed by atoms with Crippen molar-refractivity contribution in [1.82, 2.24) is 3.97 Å². The van der Waals surface area contributed by atoms with Crippen LogP contribution in [0, 0.1) is 0 Å². The van der Waals surface area contributed by atoms with Crippen molar-refractivity contribution in [2.75, 3.05) is 5.75 Å². The highest BCUT2D eigenvalue weighted by atomic mass is 32.2. The van der Waals surface area contributed by atoms with E-state index in [-0.39, 0.29) is 11.7 Å². The Labute approximate surface area is 154 Å². The van der Waals surface area contributed by atoms with Gasteiger partial charge in [-0.3, -0.25) is 0 Å². The molecule has 2 rings (SSSR count). The summed E-state index contributed by atoms with van der Waals surface area (Å²) in [5.41, 5.74) is 12.9.